The van der Waals surface area contributed by atoms with Gasteiger partial charge in [-0.1, -0.05) is 24.3 Å². The average Bonchev–Trinajstić information content (AvgIpc) is 2.60. The van der Waals surface area contributed by atoms with Crippen LogP contribution in [-0.2, 0) is 17.8 Å². The topological polar surface area (TPSA) is 49.6 Å². The van der Waals surface area contributed by atoms with Gasteiger partial charge in [0.1, 0.15) is 0 Å². The molecule has 4 nitrogen and oxygen atoms in total. The van der Waals surface area contributed by atoms with Crippen LogP contribution in [0.5, 0.6) is 0 Å². The van der Waals surface area contributed by atoms with E-state index in [-0.39, 0.29) is 0 Å². The van der Waals surface area contributed by atoms with Gasteiger partial charge in [0.25, 0.3) is 0 Å². The monoisotopic (exact) mass is 329 g/mol. The van der Waals surface area contributed by atoms with E-state index in [0.29, 0.717) is 17.9 Å². The van der Waals surface area contributed by atoms with Gasteiger partial charge in [0.2, 0.25) is 5.91 Å². The van der Waals surface area contributed by atoms with Crippen LogP contribution < -0.4 is 5.73 Å². The van der Waals surface area contributed by atoms with Crippen LogP contribution in [0.3, 0.4) is 0 Å². The van der Waals surface area contributed by atoms with Crippen molar-refractivity contribution in [1.82, 2.24) is 9.80 Å². The van der Waals surface area contributed by atoms with E-state index in [9.17, 15) is 4.79 Å². The molecule has 0 bridgehead atoms. The highest BCUT2D eigenvalue weighted by Gasteiger charge is 2.40. The van der Waals surface area contributed by atoms with Crippen molar-refractivity contribution in [2.45, 2.75) is 45.6 Å². The first kappa shape index (κ1) is 17.4. The summed E-state index contributed by atoms with van der Waals surface area (Å²) in [5.41, 5.74) is 8.78. The SMILES string of the molecule is CCN1CC2(CCC1=O)CCN(Cc1cccc(CCN)c1)CC2. The molecule has 1 aromatic rings. The summed E-state index contributed by atoms with van der Waals surface area (Å²) in [6.07, 6.45) is 5.23. The predicted octanol–water partition coefficient (Wildman–Crippen LogP) is 2.41. The van der Waals surface area contributed by atoms with Gasteiger partial charge in [-0.3, -0.25) is 9.69 Å². The number of carbonyl (C=O) groups is 1. The number of nitrogens with zero attached hydrogens (tertiary/aromatic N) is 2. The Morgan fingerprint density at radius 1 is 1.17 bits per heavy atom. The van der Waals surface area contributed by atoms with E-state index in [4.69, 9.17) is 5.73 Å². The number of hydrogen-bond donors (Lipinski definition) is 1. The Kier molecular flexibility index (Phi) is 5.57. The Hall–Kier alpha value is -1.39. The maximum atomic E-state index is 11.9. The van der Waals surface area contributed by atoms with E-state index in [1.165, 1.54) is 24.0 Å². The zero-order chi connectivity index (χ0) is 17.0. The van der Waals surface area contributed by atoms with Crippen LogP contribution in [0, 0.1) is 5.41 Å². The molecule has 24 heavy (non-hydrogen) atoms. The van der Waals surface area contributed by atoms with Crippen molar-refractivity contribution < 1.29 is 4.79 Å². The molecule has 0 atom stereocenters. The molecule has 0 aliphatic carbocycles. The van der Waals surface area contributed by atoms with Gasteiger partial charge in [-0.15, -0.1) is 0 Å². The number of nitrogens with two attached hydrogens (primary N) is 1. The summed E-state index contributed by atoms with van der Waals surface area (Å²) < 4.78 is 0. The van der Waals surface area contributed by atoms with E-state index in [1.54, 1.807) is 0 Å². The summed E-state index contributed by atoms with van der Waals surface area (Å²) in [7, 11) is 0. The molecule has 132 valence electrons. The number of benzene rings is 1. The quantitative estimate of drug-likeness (QED) is 0.902. The maximum absolute atomic E-state index is 11.9. The van der Waals surface area contributed by atoms with Gasteiger partial charge in [0.05, 0.1) is 0 Å². The van der Waals surface area contributed by atoms with Gasteiger partial charge in [-0.05, 0) is 68.8 Å². The third-order valence-corrected chi connectivity index (χ3v) is 5.88. The molecule has 1 aromatic carbocycles. The van der Waals surface area contributed by atoms with Crippen molar-refractivity contribution in [2.24, 2.45) is 11.1 Å². The van der Waals surface area contributed by atoms with Crippen molar-refractivity contribution in [2.75, 3.05) is 32.7 Å². The first-order valence-electron chi connectivity index (χ1n) is 9.42. The largest absolute Gasteiger partial charge is 0.342 e. The van der Waals surface area contributed by atoms with Gasteiger partial charge < -0.3 is 10.6 Å². The minimum absolute atomic E-state index is 0.349. The van der Waals surface area contributed by atoms with Crippen molar-refractivity contribution >= 4 is 5.91 Å². The van der Waals surface area contributed by atoms with Crippen molar-refractivity contribution in [3.8, 4) is 0 Å². The third kappa shape index (κ3) is 3.98. The number of amides is 1. The lowest BCUT2D eigenvalue weighted by molar-refractivity contribution is -0.138. The van der Waals surface area contributed by atoms with Crippen LogP contribution in [0.4, 0.5) is 0 Å². The molecule has 2 N–H and O–H groups in total. The number of hydrogen-bond acceptors (Lipinski definition) is 3. The fourth-order valence-corrected chi connectivity index (χ4v) is 4.29. The van der Waals surface area contributed by atoms with Crippen LogP contribution in [0.25, 0.3) is 0 Å². The van der Waals surface area contributed by atoms with E-state index >= 15 is 0 Å². The van der Waals surface area contributed by atoms with Crippen molar-refractivity contribution in [1.29, 1.82) is 0 Å². The van der Waals surface area contributed by atoms with Crippen LogP contribution in [0.2, 0.25) is 0 Å². The molecule has 0 saturated carbocycles. The minimum Gasteiger partial charge on any atom is -0.342 e. The first-order chi connectivity index (χ1) is 11.6. The smallest absolute Gasteiger partial charge is 0.222 e. The van der Waals surface area contributed by atoms with E-state index in [0.717, 1.165) is 52.0 Å². The Morgan fingerprint density at radius 3 is 2.62 bits per heavy atom. The molecule has 4 heteroatoms. The second-order valence-corrected chi connectivity index (χ2v) is 7.54. The lowest BCUT2D eigenvalue weighted by atomic mass is 9.72. The van der Waals surface area contributed by atoms with Gasteiger partial charge in [0.15, 0.2) is 0 Å². The van der Waals surface area contributed by atoms with Crippen LogP contribution >= 0.6 is 0 Å². The predicted molar refractivity (Wildman–Crippen MR) is 97.6 cm³/mol. The third-order valence-electron chi connectivity index (χ3n) is 5.88. The summed E-state index contributed by atoms with van der Waals surface area (Å²) in [4.78, 5) is 16.6. The van der Waals surface area contributed by atoms with Crippen molar-refractivity contribution in [3.63, 3.8) is 0 Å². The summed E-state index contributed by atoms with van der Waals surface area (Å²) >= 11 is 0. The van der Waals surface area contributed by atoms with Gasteiger partial charge in [-0.25, -0.2) is 0 Å². The van der Waals surface area contributed by atoms with Crippen molar-refractivity contribution in [3.05, 3.63) is 35.4 Å². The fraction of sp³-hybridized carbons (Fsp3) is 0.650. The molecule has 1 spiro atoms. The standard InChI is InChI=1S/C20H31N3O/c1-2-23-16-20(8-6-19(23)24)9-12-22(13-10-20)15-18-5-3-4-17(14-18)7-11-21/h3-5,14H,2,6-13,15-16,21H2,1H3. The fourth-order valence-electron chi connectivity index (χ4n) is 4.29. The summed E-state index contributed by atoms with van der Waals surface area (Å²) in [5.74, 6) is 0.349. The van der Waals surface area contributed by atoms with Crippen LogP contribution in [0.15, 0.2) is 24.3 Å². The van der Waals surface area contributed by atoms with Gasteiger partial charge in [0, 0.05) is 26.1 Å². The second kappa shape index (κ2) is 7.66. The highest BCUT2D eigenvalue weighted by atomic mass is 16.2. The highest BCUT2D eigenvalue weighted by Crippen LogP contribution is 2.40. The zero-order valence-corrected chi connectivity index (χ0v) is 15.0. The molecule has 1 amide bonds. The zero-order valence-electron chi connectivity index (χ0n) is 15.0. The van der Waals surface area contributed by atoms with E-state index < -0.39 is 0 Å². The maximum Gasteiger partial charge on any atom is 0.222 e. The summed E-state index contributed by atoms with van der Waals surface area (Å²) in [6.45, 7) is 7.97. The molecule has 0 aromatic heterocycles. The lowest BCUT2D eigenvalue weighted by Crippen LogP contribution is -2.51. The normalized spacial score (nSPS) is 21.4. The molecule has 2 saturated heterocycles. The van der Waals surface area contributed by atoms with Gasteiger partial charge >= 0.3 is 0 Å². The molecular formula is C20H31N3O. The Balaban J connectivity index is 1.55. The second-order valence-electron chi connectivity index (χ2n) is 7.54. The molecule has 2 aliphatic rings. The highest BCUT2D eigenvalue weighted by molar-refractivity contribution is 5.77. The first-order valence-corrected chi connectivity index (χ1v) is 9.42. The summed E-state index contributed by atoms with van der Waals surface area (Å²) in [6, 6.07) is 8.84. The Morgan fingerprint density at radius 2 is 1.92 bits per heavy atom. The lowest BCUT2D eigenvalue weighted by Gasteiger charge is -2.47. The minimum atomic E-state index is 0.349. The van der Waals surface area contributed by atoms with E-state index in [2.05, 4.69) is 41.0 Å². The number of carbonyl (C=O) groups excluding carboxylic acids is 1. The Bertz CT molecular complexity index is 564. The average molecular weight is 329 g/mol. The van der Waals surface area contributed by atoms with Crippen LogP contribution in [-0.4, -0.2) is 48.4 Å². The molecule has 2 aliphatic heterocycles. The summed E-state index contributed by atoms with van der Waals surface area (Å²) in [5, 5.41) is 0. The molecule has 2 fully saturated rings. The number of piperidine rings is 2. The van der Waals surface area contributed by atoms with E-state index in [1.807, 2.05) is 0 Å². The molecule has 0 unspecified atom stereocenters. The molecular weight excluding hydrogens is 298 g/mol. The molecule has 0 radical (unpaired) electrons. The molecule has 2 heterocycles. The van der Waals surface area contributed by atoms with Gasteiger partial charge in [-0.2, -0.15) is 0 Å². The Labute approximate surface area is 146 Å². The van der Waals surface area contributed by atoms with Crippen LogP contribution in [0.1, 0.15) is 43.7 Å². The molecule has 3 rings (SSSR count). The number of likely N-dealkylation sites (tertiary alicyclic amines) is 2. The number of rotatable bonds is 5.